The summed E-state index contributed by atoms with van der Waals surface area (Å²) in [7, 11) is 0. The van der Waals surface area contributed by atoms with Gasteiger partial charge in [-0.05, 0) is 49.2 Å². The largest absolute Gasteiger partial charge is 0.423 e. The molecule has 0 aliphatic carbocycles. The Hall–Kier alpha value is -3.59. The number of rotatable bonds is 7. The number of benzene rings is 2. The lowest BCUT2D eigenvalue weighted by atomic mass is 10.1. The predicted molar refractivity (Wildman–Crippen MR) is 107 cm³/mol. The van der Waals surface area contributed by atoms with E-state index in [2.05, 4.69) is 17.1 Å². The van der Waals surface area contributed by atoms with Crippen molar-refractivity contribution in [3.8, 4) is 23.1 Å². The molecule has 29 heavy (non-hydrogen) atoms. The molecule has 0 atom stereocenters. The van der Waals surface area contributed by atoms with Crippen LogP contribution in [0.25, 0.3) is 11.3 Å². The predicted octanol–water partition coefficient (Wildman–Crippen LogP) is 5.11. The maximum atomic E-state index is 13.6. The SMILES string of the molecule is CCCCCc1ccc(-c2ccc(C(=O)Oc3ccc(C#N)c(F)c3)cc2)nn1. The highest BCUT2D eigenvalue weighted by atomic mass is 19.1. The summed E-state index contributed by atoms with van der Waals surface area (Å²) in [6, 6.07) is 16.0. The van der Waals surface area contributed by atoms with Crippen LogP contribution < -0.4 is 4.74 Å². The molecule has 5 nitrogen and oxygen atoms in total. The van der Waals surface area contributed by atoms with Crippen LogP contribution in [0.5, 0.6) is 5.75 Å². The van der Waals surface area contributed by atoms with E-state index < -0.39 is 11.8 Å². The molecule has 0 saturated heterocycles. The van der Waals surface area contributed by atoms with Crippen molar-refractivity contribution in [1.29, 1.82) is 5.26 Å². The number of esters is 1. The standard InChI is InChI=1S/C23H20FN3O2/c1-2-3-4-5-19-11-13-22(27-26-19)16-6-8-17(9-7-16)23(28)29-20-12-10-18(15-25)21(24)14-20/h6-14H,2-5H2,1H3. The Morgan fingerprint density at radius 1 is 1.07 bits per heavy atom. The van der Waals surface area contributed by atoms with Crippen molar-refractivity contribution in [2.45, 2.75) is 32.6 Å². The molecular weight excluding hydrogens is 369 g/mol. The maximum Gasteiger partial charge on any atom is 0.343 e. The van der Waals surface area contributed by atoms with Crippen LogP contribution in [-0.4, -0.2) is 16.2 Å². The van der Waals surface area contributed by atoms with E-state index in [1.165, 1.54) is 25.0 Å². The lowest BCUT2D eigenvalue weighted by molar-refractivity contribution is 0.0734. The number of hydrogen-bond acceptors (Lipinski definition) is 5. The summed E-state index contributed by atoms with van der Waals surface area (Å²) in [6.45, 7) is 2.16. The van der Waals surface area contributed by atoms with E-state index >= 15 is 0 Å². The molecule has 1 heterocycles. The van der Waals surface area contributed by atoms with Gasteiger partial charge in [-0.3, -0.25) is 0 Å². The lowest BCUT2D eigenvalue weighted by Gasteiger charge is -2.06. The van der Waals surface area contributed by atoms with Gasteiger partial charge in [-0.15, -0.1) is 0 Å². The number of ether oxygens (including phenoxy) is 1. The van der Waals surface area contributed by atoms with Gasteiger partial charge >= 0.3 is 5.97 Å². The van der Waals surface area contributed by atoms with E-state index in [0.29, 0.717) is 5.56 Å². The van der Waals surface area contributed by atoms with E-state index in [1.54, 1.807) is 30.3 Å². The number of aromatic nitrogens is 2. The van der Waals surface area contributed by atoms with Gasteiger partial charge in [-0.2, -0.15) is 15.5 Å². The third kappa shape index (κ3) is 5.23. The summed E-state index contributed by atoms with van der Waals surface area (Å²) in [5, 5.41) is 17.3. The van der Waals surface area contributed by atoms with Crippen molar-refractivity contribution in [3.05, 3.63) is 77.2 Å². The van der Waals surface area contributed by atoms with Crippen LogP contribution in [0, 0.1) is 17.1 Å². The second-order valence-corrected chi connectivity index (χ2v) is 6.59. The van der Waals surface area contributed by atoms with Crippen LogP contribution in [0.1, 0.15) is 47.8 Å². The normalized spacial score (nSPS) is 10.4. The quantitative estimate of drug-likeness (QED) is 0.319. The van der Waals surface area contributed by atoms with Crippen LogP contribution in [0.15, 0.2) is 54.6 Å². The van der Waals surface area contributed by atoms with Gasteiger partial charge in [0.2, 0.25) is 0 Å². The van der Waals surface area contributed by atoms with E-state index in [1.807, 2.05) is 12.1 Å². The van der Waals surface area contributed by atoms with Gasteiger partial charge in [0.25, 0.3) is 0 Å². The monoisotopic (exact) mass is 389 g/mol. The Labute approximate surface area is 168 Å². The highest BCUT2D eigenvalue weighted by Gasteiger charge is 2.11. The molecule has 0 unspecified atom stereocenters. The first kappa shape index (κ1) is 20.2. The third-order valence-corrected chi connectivity index (χ3v) is 4.44. The molecular formula is C23H20FN3O2. The minimum Gasteiger partial charge on any atom is -0.423 e. The van der Waals surface area contributed by atoms with Gasteiger partial charge in [-0.1, -0.05) is 31.9 Å². The van der Waals surface area contributed by atoms with E-state index in [4.69, 9.17) is 10.00 Å². The molecule has 0 saturated carbocycles. The smallest absolute Gasteiger partial charge is 0.343 e. The van der Waals surface area contributed by atoms with Crippen molar-refractivity contribution >= 4 is 5.97 Å². The Kier molecular flexibility index (Phi) is 6.64. The van der Waals surface area contributed by atoms with Gasteiger partial charge in [0, 0.05) is 11.6 Å². The molecule has 6 heteroatoms. The zero-order chi connectivity index (χ0) is 20.6. The molecule has 146 valence electrons. The molecule has 0 amide bonds. The third-order valence-electron chi connectivity index (χ3n) is 4.44. The maximum absolute atomic E-state index is 13.6. The summed E-state index contributed by atoms with van der Waals surface area (Å²) in [5.74, 6) is -1.30. The average molecular weight is 389 g/mol. The van der Waals surface area contributed by atoms with Crippen LogP contribution in [0.2, 0.25) is 0 Å². The number of carbonyl (C=O) groups excluding carboxylic acids is 1. The van der Waals surface area contributed by atoms with Crippen molar-refractivity contribution < 1.29 is 13.9 Å². The van der Waals surface area contributed by atoms with Crippen molar-refractivity contribution in [1.82, 2.24) is 10.2 Å². The molecule has 3 aromatic rings. The van der Waals surface area contributed by atoms with Gasteiger partial charge in [0.15, 0.2) is 0 Å². The molecule has 1 aromatic heterocycles. The fraction of sp³-hybridized carbons (Fsp3) is 0.217. The lowest BCUT2D eigenvalue weighted by Crippen LogP contribution is -2.08. The number of nitriles is 1. The van der Waals surface area contributed by atoms with Crippen LogP contribution in [0.3, 0.4) is 0 Å². The van der Waals surface area contributed by atoms with Gasteiger partial charge in [0.05, 0.1) is 22.5 Å². The molecule has 0 fully saturated rings. The molecule has 0 bridgehead atoms. The van der Waals surface area contributed by atoms with E-state index in [-0.39, 0.29) is 11.3 Å². The summed E-state index contributed by atoms with van der Waals surface area (Å²) in [4.78, 5) is 12.3. The Morgan fingerprint density at radius 2 is 1.86 bits per heavy atom. The first-order chi connectivity index (χ1) is 14.1. The van der Waals surface area contributed by atoms with Crippen LogP contribution in [0.4, 0.5) is 4.39 Å². The minimum absolute atomic E-state index is 0.0418. The molecule has 0 aliphatic rings. The van der Waals surface area contributed by atoms with Crippen LogP contribution >= 0.6 is 0 Å². The zero-order valence-electron chi connectivity index (χ0n) is 16.1. The van der Waals surface area contributed by atoms with E-state index in [9.17, 15) is 9.18 Å². The first-order valence-corrected chi connectivity index (χ1v) is 9.45. The molecule has 2 aromatic carbocycles. The summed E-state index contributed by atoms with van der Waals surface area (Å²) < 4.78 is 18.8. The number of halogens is 1. The molecule has 3 rings (SSSR count). The number of carbonyl (C=O) groups is 1. The second kappa shape index (κ2) is 9.56. The van der Waals surface area contributed by atoms with Crippen molar-refractivity contribution in [3.63, 3.8) is 0 Å². The Morgan fingerprint density at radius 3 is 2.48 bits per heavy atom. The number of hydrogen-bond donors (Lipinski definition) is 0. The Bertz CT molecular complexity index is 1030. The van der Waals surface area contributed by atoms with Gasteiger partial charge in [0.1, 0.15) is 17.6 Å². The van der Waals surface area contributed by atoms with E-state index in [0.717, 1.165) is 35.9 Å². The number of unbranched alkanes of at least 4 members (excludes halogenated alkanes) is 2. The second-order valence-electron chi connectivity index (χ2n) is 6.59. The number of aryl methyl sites for hydroxylation is 1. The molecule has 0 spiro atoms. The molecule has 0 aliphatic heterocycles. The molecule has 0 N–H and O–H groups in total. The minimum atomic E-state index is -0.732. The van der Waals surface area contributed by atoms with Crippen molar-refractivity contribution in [2.24, 2.45) is 0 Å². The summed E-state index contributed by atoms with van der Waals surface area (Å²) in [5.41, 5.74) is 2.74. The van der Waals surface area contributed by atoms with Crippen LogP contribution in [-0.2, 0) is 6.42 Å². The Balaban J connectivity index is 1.65. The fourth-order valence-electron chi connectivity index (χ4n) is 2.80. The average Bonchev–Trinajstić information content (AvgIpc) is 2.75. The summed E-state index contributed by atoms with van der Waals surface area (Å²) >= 11 is 0. The highest BCUT2D eigenvalue weighted by Crippen LogP contribution is 2.20. The van der Waals surface area contributed by atoms with Gasteiger partial charge in [-0.25, -0.2) is 9.18 Å². The zero-order valence-corrected chi connectivity index (χ0v) is 16.1. The fourth-order valence-corrected chi connectivity index (χ4v) is 2.80. The molecule has 0 radical (unpaired) electrons. The van der Waals surface area contributed by atoms with Crippen molar-refractivity contribution in [2.75, 3.05) is 0 Å². The first-order valence-electron chi connectivity index (χ1n) is 9.45. The topological polar surface area (TPSA) is 75.9 Å². The summed E-state index contributed by atoms with van der Waals surface area (Å²) in [6.07, 6.45) is 4.36. The number of nitrogens with zero attached hydrogens (tertiary/aromatic N) is 3. The highest BCUT2D eigenvalue weighted by molar-refractivity contribution is 5.91. The van der Waals surface area contributed by atoms with Gasteiger partial charge < -0.3 is 4.74 Å².